The van der Waals surface area contributed by atoms with E-state index in [1.807, 2.05) is 0 Å². The zero-order valence-corrected chi connectivity index (χ0v) is 9.77. The second-order valence-electron chi connectivity index (χ2n) is 4.01. The molecule has 1 aromatic rings. The van der Waals surface area contributed by atoms with Gasteiger partial charge in [-0.25, -0.2) is 4.39 Å². The molecule has 1 aliphatic rings. The summed E-state index contributed by atoms with van der Waals surface area (Å²) in [6, 6.07) is 4.71. The van der Waals surface area contributed by atoms with E-state index < -0.39 is 0 Å². The van der Waals surface area contributed by atoms with Gasteiger partial charge in [-0.1, -0.05) is 17.7 Å². The van der Waals surface area contributed by atoms with E-state index in [4.69, 9.17) is 16.3 Å². The molecule has 0 amide bonds. The molecule has 2 rings (SSSR count). The summed E-state index contributed by atoms with van der Waals surface area (Å²) in [5, 5.41) is 3.44. The lowest BCUT2D eigenvalue weighted by Gasteiger charge is -2.22. The van der Waals surface area contributed by atoms with E-state index in [0.29, 0.717) is 12.7 Å². The van der Waals surface area contributed by atoms with Gasteiger partial charge in [-0.05, 0) is 43.6 Å². The lowest BCUT2D eigenvalue weighted by molar-refractivity contribution is 0.0212. The van der Waals surface area contributed by atoms with Crippen molar-refractivity contribution in [2.75, 3.05) is 13.1 Å². The highest BCUT2D eigenvalue weighted by atomic mass is 35.5. The standard InChI is InChI=1S/C12H15ClFNO/c13-11-7-9(1-2-12(11)14)8-16-10-3-5-15-6-4-10/h1-2,7,10,15H,3-6,8H2. The Bertz CT molecular complexity index is 353. The third kappa shape index (κ3) is 3.17. The number of piperidine rings is 1. The highest BCUT2D eigenvalue weighted by Crippen LogP contribution is 2.18. The minimum absolute atomic E-state index is 0.159. The number of rotatable bonds is 3. The first-order chi connectivity index (χ1) is 7.75. The molecule has 2 nitrogen and oxygen atoms in total. The van der Waals surface area contributed by atoms with Gasteiger partial charge in [-0.15, -0.1) is 0 Å². The smallest absolute Gasteiger partial charge is 0.141 e. The molecule has 1 aliphatic heterocycles. The molecule has 0 saturated carbocycles. The van der Waals surface area contributed by atoms with Gasteiger partial charge in [0.1, 0.15) is 5.82 Å². The molecule has 0 spiro atoms. The normalized spacial score (nSPS) is 17.6. The Kier molecular flexibility index (Phi) is 4.16. The van der Waals surface area contributed by atoms with Crippen molar-refractivity contribution in [3.05, 3.63) is 34.6 Å². The van der Waals surface area contributed by atoms with E-state index in [1.54, 1.807) is 12.1 Å². The van der Waals surface area contributed by atoms with Crippen LogP contribution < -0.4 is 5.32 Å². The van der Waals surface area contributed by atoms with Gasteiger partial charge in [0.2, 0.25) is 0 Å². The summed E-state index contributed by atoms with van der Waals surface area (Å²) in [5.74, 6) is -0.382. The van der Waals surface area contributed by atoms with Crippen molar-refractivity contribution in [2.24, 2.45) is 0 Å². The molecule has 1 aromatic carbocycles. The zero-order chi connectivity index (χ0) is 11.4. The lowest BCUT2D eigenvalue weighted by Crippen LogP contribution is -2.32. The monoisotopic (exact) mass is 243 g/mol. The van der Waals surface area contributed by atoms with E-state index >= 15 is 0 Å². The van der Waals surface area contributed by atoms with Crippen LogP contribution in [-0.2, 0) is 11.3 Å². The predicted molar refractivity (Wildman–Crippen MR) is 62.1 cm³/mol. The first-order valence-electron chi connectivity index (χ1n) is 5.52. The van der Waals surface area contributed by atoms with Crippen LogP contribution in [-0.4, -0.2) is 19.2 Å². The van der Waals surface area contributed by atoms with Crippen LogP contribution in [0.5, 0.6) is 0 Å². The van der Waals surface area contributed by atoms with E-state index in [9.17, 15) is 4.39 Å². The van der Waals surface area contributed by atoms with Crippen molar-refractivity contribution in [3.8, 4) is 0 Å². The van der Waals surface area contributed by atoms with Gasteiger partial charge in [0.25, 0.3) is 0 Å². The van der Waals surface area contributed by atoms with Crippen LogP contribution in [0, 0.1) is 5.82 Å². The van der Waals surface area contributed by atoms with Crippen molar-refractivity contribution in [2.45, 2.75) is 25.6 Å². The van der Waals surface area contributed by atoms with E-state index in [0.717, 1.165) is 31.5 Å². The van der Waals surface area contributed by atoms with Crippen molar-refractivity contribution in [1.82, 2.24) is 5.32 Å². The van der Waals surface area contributed by atoms with Gasteiger partial charge < -0.3 is 10.1 Å². The number of hydrogen-bond acceptors (Lipinski definition) is 2. The quantitative estimate of drug-likeness (QED) is 0.882. The summed E-state index contributed by atoms with van der Waals surface area (Å²) in [6.45, 7) is 2.52. The second-order valence-corrected chi connectivity index (χ2v) is 4.42. The molecule has 1 saturated heterocycles. The predicted octanol–water partition coefficient (Wildman–Crippen LogP) is 2.75. The average molecular weight is 244 g/mol. The van der Waals surface area contributed by atoms with Crippen LogP contribution in [0.4, 0.5) is 4.39 Å². The first-order valence-corrected chi connectivity index (χ1v) is 5.90. The molecule has 0 atom stereocenters. The second kappa shape index (κ2) is 5.62. The van der Waals surface area contributed by atoms with Crippen molar-refractivity contribution in [3.63, 3.8) is 0 Å². The van der Waals surface area contributed by atoms with Crippen LogP contribution in [0.2, 0.25) is 5.02 Å². The maximum Gasteiger partial charge on any atom is 0.141 e. The van der Waals surface area contributed by atoms with Crippen LogP contribution >= 0.6 is 11.6 Å². The number of halogens is 2. The summed E-state index contributed by atoms with van der Waals surface area (Å²) in [5.41, 5.74) is 0.921. The summed E-state index contributed by atoms with van der Waals surface area (Å²) in [6.07, 6.45) is 2.38. The summed E-state index contributed by atoms with van der Waals surface area (Å²) in [7, 11) is 0. The highest BCUT2D eigenvalue weighted by Gasteiger charge is 2.13. The first kappa shape index (κ1) is 11.8. The number of hydrogen-bond donors (Lipinski definition) is 1. The fraction of sp³-hybridized carbons (Fsp3) is 0.500. The Labute approximate surface area is 99.7 Å². The van der Waals surface area contributed by atoms with E-state index in [-0.39, 0.29) is 10.8 Å². The molecule has 0 radical (unpaired) electrons. The largest absolute Gasteiger partial charge is 0.373 e. The summed E-state index contributed by atoms with van der Waals surface area (Å²) < 4.78 is 18.7. The molecule has 0 unspecified atom stereocenters. The molecule has 0 aromatic heterocycles. The van der Waals surface area contributed by atoms with Gasteiger partial charge in [0, 0.05) is 0 Å². The Morgan fingerprint density at radius 3 is 2.81 bits per heavy atom. The Morgan fingerprint density at radius 2 is 2.12 bits per heavy atom. The zero-order valence-electron chi connectivity index (χ0n) is 9.01. The van der Waals surface area contributed by atoms with Crippen LogP contribution in [0.3, 0.4) is 0 Å². The maximum atomic E-state index is 12.9. The summed E-state index contributed by atoms with van der Waals surface area (Å²) in [4.78, 5) is 0. The molecule has 0 aliphatic carbocycles. The van der Waals surface area contributed by atoms with Gasteiger partial charge >= 0.3 is 0 Å². The molecule has 1 fully saturated rings. The third-order valence-corrected chi connectivity index (χ3v) is 3.05. The highest BCUT2D eigenvalue weighted by molar-refractivity contribution is 6.30. The van der Waals surface area contributed by atoms with Gasteiger partial charge in [-0.3, -0.25) is 0 Å². The fourth-order valence-electron chi connectivity index (χ4n) is 1.81. The Balaban J connectivity index is 1.86. The van der Waals surface area contributed by atoms with Crippen LogP contribution in [0.15, 0.2) is 18.2 Å². The molecule has 16 heavy (non-hydrogen) atoms. The SMILES string of the molecule is Fc1ccc(COC2CCNCC2)cc1Cl. The topological polar surface area (TPSA) is 21.3 Å². The van der Waals surface area contributed by atoms with Gasteiger partial charge in [0.05, 0.1) is 17.7 Å². The molecule has 4 heteroatoms. The molecule has 1 heterocycles. The van der Waals surface area contributed by atoms with Crippen LogP contribution in [0.1, 0.15) is 18.4 Å². The fourth-order valence-corrected chi connectivity index (χ4v) is 2.01. The Hall–Kier alpha value is -0.640. The van der Waals surface area contributed by atoms with E-state index in [2.05, 4.69) is 5.32 Å². The van der Waals surface area contributed by atoms with Crippen molar-refractivity contribution in [1.29, 1.82) is 0 Å². The lowest BCUT2D eigenvalue weighted by atomic mass is 10.1. The van der Waals surface area contributed by atoms with E-state index in [1.165, 1.54) is 6.07 Å². The number of ether oxygens (including phenoxy) is 1. The average Bonchev–Trinajstić information content (AvgIpc) is 2.32. The molecule has 0 bridgehead atoms. The summed E-state index contributed by atoms with van der Waals surface area (Å²) >= 11 is 5.69. The maximum absolute atomic E-state index is 12.9. The van der Waals surface area contributed by atoms with Gasteiger partial charge in [-0.2, -0.15) is 0 Å². The van der Waals surface area contributed by atoms with Gasteiger partial charge in [0.15, 0.2) is 0 Å². The van der Waals surface area contributed by atoms with Crippen molar-refractivity contribution >= 4 is 11.6 Å². The Morgan fingerprint density at radius 1 is 1.38 bits per heavy atom. The van der Waals surface area contributed by atoms with Crippen molar-refractivity contribution < 1.29 is 9.13 Å². The number of nitrogens with one attached hydrogen (secondary N) is 1. The molecule has 1 N–H and O–H groups in total. The van der Waals surface area contributed by atoms with Crippen LogP contribution in [0.25, 0.3) is 0 Å². The minimum atomic E-state index is -0.382. The molecular formula is C12H15ClFNO. The third-order valence-electron chi connectivity index (χ3n) is 2.76. The molecular weight excluding hydrogens is 229 g/mol. The number of benzene rings is 1. The minimum Gasteiger partial charge on any atom is -0.373 e. The molecule has 88 valence electrons.